The van der Waals surface area contributed by atoms with Gasteiger partial charge in [-0.2, -0.15) is 4.98 Å². The van der Waals surface area contributed by atoms with E-state index in [4.69, 9.17) is 14.8 Å². The zero-order chi connectivity index (χ0) is 24.5. The molecule has 0 saturated heterocycles. The van der Waals surface area contributed by atoms with Crippen LogP contribution >= 0.6 is 0 Å². The number of carbonyl (C=O) groups is 1. The first-order chi connectivity index (χ1) is 17.1. The molecule has 5 nitrogen and oxygen atoms in total. The first kappa shape index (κ1) is 27.7. The van der Waals surface area contributed by atoms with E-state index in [-0.39, 0.29) is 37.4 Å². The maximum absolute atomic E-state index is 10.7. The maximum Gasteiger partial charge on any atom is 1.00 e. The van der Waals surface area contributed by atoms with Crippen LogP contribution in [0.4, 0.5) is 0 Å². The molecule has 0 amide bonds. The average molecular weight is 493 g/mol. The Morgan fingerprint density at radius 2 is 1.42 bits per heavy atom. The monoisotopic (exact) mass is 492 g/mol. The Hall–Kier alpha value is -2.86. The van der Waals surface area contributed by atoms with Crippen LogP contribution in [0.1, 0.15) is 45.5 Å². The van der Waals surface area contributed by atoms with Crippen LogP contribution in [0.3, 0.4) is 0 Å². The summed E-state index contributed by atoms with van der Waals surface area (Å²) in [7, 11) is 0. The van der Waals surface area contributed by atoms with Crippen LogP contribution in [0.2, 0.25) is 0 Å². The van der Waals surface area contributed by atoms with Gasteiger partial charge in [0, 0.05) is 17.5 Å². The number of unbranched alkanes of at least 4 members (excludes halogenated alkanes) is 4. The van der Waals surface area contributed by atoms with E-state index in [1.807, 2.05) is 36.4 Å². The van der Waals surface area contributed by atoms with Crippen LogP contribution in [0.15, 0.2) is 84.9 Å². The summed E-state index contributed by atoms with van der Waals surface area (Å²) in [5.41, 5.74) is 6.22. The first-order valence-electron chi connectivity index (χ1n) is 12.3. The minimum atomic E-state index is -0.722. The molecule has 0 atom stereocenters. The molecule has 4 aromatic rings. The van der Waals surface area contributed by atoms with Gasteiger partial charge < -0.3 is 11.3 Å². The number of carboxylic acids is 1. The molecule has 3 aromatic carbocycles. The quantitative estimate of drug-likeness (QED) is 0.235. The van der Waals surface area contributed by atoms with Crippen molar-refractivity contribution in [3.8, 4) is 34.2 Å². The minimum Gasteiger partial charge on any atom is -1.00 e. The minimum absolute atomic E-state index is 0. The summed E-state index contributed by atoms with van der Waals surface area (Å²) >= 11 is 0. The van der Waals surface area contributed by atoms with Gasteiger partial charge in [-0.25, -0.2) is 0 Å². The van der Waals surface area contributed by atoms with E-state index in [1.54, 1.807) is 0 Å². The Labute approximate surface area is 236 Å². The summed E-state index contributed by atoms with van der Waals surface area (Å²) in [5.74, 6) is -0.722. The fourth-order valence-corrected chi connectivity index (χ4v) is 4.16. The van der Waals surface area contributed by atoms with Gasteiger partial charge in [-0.05, 0) is 31.9 Å². The largest absolute Gasteiger partial charge is 1.00 e. The average Bonchev–Trinajstić information content (AvgIpc) is 3.26. The maximum atomic E-state index is 10.7. The predicted molar refractivity (Wildman–Crippen MR) is 141 cm³/mol. The number of carboxylic acid groups (broad SMARTS) is 1. The van der Waals surface area contributed by atoms with E-state index in [2.05, 4.69) is 60.0 Å². The third-order valence-electron chi connectivity index (χ3n) is 6.00. The van der Waals surface area contributed by atoms with Crippen LogP contribution in [0.25, 0.3) is 28.2 Å². The van der Waals surface area contributed by atoms with E-state index in [9.17, 15) is 4.79 Å². The van der Waals surface area contributed by atoms with Crippen LogP contribution in [-0.2, 0) is 4.79 Å². The van der Waals surface area contributed by atoms with E-state index in [0.29, 0.717) is 12.6 Å². The van der Waals surface area contributed by atoms with E-state index >= 15 is 0 Å². The molecule has 0 fully saturated rings. The summed E-state index contributed by atoms with van der Waals surface area (Å²) in [6.45, 7) is 2.64. The van der Waals surface area contributed by atoms with Crippen molar-refractivity contribution in [1.29, 1.82) is 0 Å². The molecule has 1 heterocycles. The number of aliphatic carboxylic acids is 1. The SMILES string of the molecule is Cc1ccc(-n2c(OCCCCCCCC(=O)O)nc(-c3ccccc3)c2-c2ccccc2)cc1.[H-].[Na+]. The Balaban J connectivity index is 0.00000241. The van der Waals surface area contributed by atoms with Crippen molar-refractivity contribution in [2.75, 3.05) is 6.61 Å². The number of imidazole rings is 1. The standard InChI is InChI=1S/C30H32N2O3.Na.H/c1-23-18-20-26(21-19-23)32-29(25-15-9-6-10-16-25)28(24-13-7-5-8-14-24)31-30(32)35-22-12-4-2-3-11-17-27(33)34;;/h5-10,13-16,18-21H,2-4,11-12,17,22H2,1H3,(H,33,34);;/q;+1;-1. The van der Waals surface area contributed by atoms with E-state index < -0.39 is 5.97 Å². The predicted octanol–water partition coefficient (Wildman–Crippen LogP) is 4.44. The van der Waals surface area contributed by atoms with Crippen LogP contribution in [-0.4, -0.2) is 27.2 Å². The second kappa shape index (κ2) is 14.0. The topological polar surface area (TPSA) is 64.3 Å². The fourth-order valence-electron chi connectivity index (χ4n) is 4.16. The van der Waals surface area contributed by atoms with Gasteiger partial charge in [-0.15, -0.1) is 0 Å². The number of benzene rings is 3. The number of nitrogens with zero attached hydrogens (tertiary/aromatic N) is 2. The molecule has 0 aliphatic rings. The number of ether oxygens (including phenoxy) is 1. The first-order valence-corrected chi connectivity index (χ1v) is 12.3. The van der Waals surface area contributed by atoms with Gasteiger partial charge in [0.05, 0.1) is 18.0 Å². The van der Waals surface area contributed by atoms with Gasteiger partial charge in [-0.3, -0.25) is 9.36 Å². The third kappa shape index (κ3) is 7.33. The molecule has 0 unspecified atom stereocenters. The zero-order valence-corrected chi connectivity index (χ0v) is 23.2. The smallest absolute Gasteiger partial charge is 1.00 e. The molecule has 0 spiro atoms. The molecule has 1 N–H and O–H groups in total. The summed E-state index contributed by atoms with van der Waals surface area (Å²) in [4.78, 5) is 15.7. The van der Waals surface area contributed by atoms with Crippen LogP contribution in [0, 0.1) is 6.92 Å². The van der Waals surface area contributed by atoms with Gasteiger partial charge in [0.25, 0.3) is 0 Å². The second-order valence-electron chi connectivity index (χ2n) is 8.75. The number of aryl methyl sites for hydroxylation is 1. The summed E-state index contributed by atoms with van der Waals surface area (Å²) in [5, 5.41) is 8.78. The van der Waals surface area contributed by atoms with Gasteiger partial charge in [0.15, 0.2) is 0 Å². The van der Waals surface area contributed by atoms with Crippen LogP contribution in [0.5, 0.6) is 6.01 Å². The molecule has 36 heavy (non-hydrogen) atoms. The Kier molecular flexibility index (Phi) is 10.8. The summed E-state index contributed by atoms with van der Waals surface area (Å²) in [6, 6.07) is 29.5. The number of rotatable bonds is 12. The van der Waals surface area contributed by atoms with E-state index in [1.165, 1.54) is 5.56 Å². The van der Waals surface area contributed by atoms with Gasteiger partial charge in [0.2, 0.25) is 0 Å². The van der Waals surface area contributed by atoms with Crippen molar-refractivity contribution in [2.45, 2.75) is 45.4 Å². The van der Waals surface area contributed by atoms with Crippen molar-refractivity contribution in [2.24, 2.45) is 0 Å². The molecule has 0 bridgehead atoms. The molecular formula is C30H33N2NaO3. The van der Waals surface area contributed by atoms with Crippen molar-refractivity contribution in [3.05, 3.63) is 90.5 Å². The van der Waals surface area contributed by atoms with Crippen molar-refractivity contribution in [1.82, 2.24) is 9.55 Å². The number of aromatic nitrogens is 2. The summed E-state index contributed by atoms with van der Waals surface area (Å²) in [6.07, 6.45) is 4.81. The third-order valence-corrected chi connectivity index (χ3v) is 6.00. The fraction of sp³-hybridized carbons (Fsp3) is 0.267. The number of hydrogen-bond donors (Lipinski definition) is 1. The normalized spacial score (nSPS) is 10.6. The molecule has 4 rings (SSSR count). The zero-order valence-electron chi connectivity index (χ0n) is 22.2. The van der Waals surface area contributed by atoms with E-state index in [0.717, 1.165) is 60.3 Å². The Morgan fingerprint density at radius 3 is 2.06 bits per heavy atom. The number of hydrogen-bond acceptors (Lipinski definition) is 3. The molecule has 0 radical (unpaired) electrons. The second-order valence-corrected chi connectivity index (χ2v) is 8.75. The summed E-state index contributed by atoms with van der Waals surface area (Å²) < 4.78 is 8.40. The van der Waals surface area contributed by atoms with Crippen molar-refractivity contribution in [3.63, 3.8) is 0 Å². The van der Waals surface area contributed by atoms with Crippen molar-refractivity contribution < 1.29 is 45.6 Å². The van der Waals surface area contributed by atoms with Crippen LogP contribution < -0.4 is 34.3 Å². The molecular weight excluding hydrogens is 459 g/mol. The molecule has 1 aromatic heterocycles. The molecule has 0 aliphatic carbocycles. The Morgan fingerprint density at radius 1 is 0.833 bits per heavy atom. The van der Waals surface area contributed by atoms with Crippen molar-refractivity contribution >= 4 is 5.97 Å². The molecule has 182 valence electrons. The van der Waals surface area contributed by atoms with Gasteiger partial charge in [0.1, 0.15) is 5.69 Å². The molecule has 0 saturated carbocycles. The van der Waals surface area contributed by atoms with Gasteiger partial charge in [-0.1, -0.05) is 97.6 Å². The van der Waals surface area contributed by atoms with Gasteiger partial charge >= 0.3 is 41.5 Å². The Bertz CT molecular complexity index is 1230. The molecule has 0 aliphatic heterocycles. The molecule has 6 heteroatoms.